The third kappa shape index (κ3) is 4.92. The van der Waals surface area contributed by atoms with Crippen molar-refractivity contribution in [1.82, 2.24) is 9.55 Å². The average Bonchev–Trinajstić information content (AvgIpc) is 3.17. The molecule has 0 radical (unpaired) electrons. The van der Waals surface area contributed by atoms with Gasteiger partial charge in [0.1, 0.15) is 17.3 Å². The lowest BCUT2D eigenvalue weighted by Gasteiger charge is -2.26. The van der Waals surface area contributed by atoms with E-state index in [0.717, 1.165) is 50.7 Å². The molecule has 2 heterocycles. The Morgan fingerprint density at radius 2 is 1.50 bits per heavy atom. The number of ether oxygens (including phenoxy) is 2. The molecular weight excluding hydrogens is 428 g/mol. The summed E-state index contributed by atoms with van der Waals surface area (Å²) in [7, 11) is 5.31. The molecule has 2 aromatic heterocycles. The summed E-state index contributed by atoms with van der Waals surface area (Å²) >= 11 is 0. The van der Waals surface area contributed by atoms with Gasteiger partial charge in [-0.1, -0.05) is 29.4 Å². The maximum atomic E-state index is 8.71. The number of anilines is 1. The topological polar surface area (TPSA) is 88.3 Å². The Hall–Kier alpha value is -4.16. The summed E-state index contributed by atoms with van der Waals surface area (Å²) in [6.45, 7) is 3.75. The molecule has 34 heavy (non-hydrogen) atoms. The van der Waals surface area contributed by atoms with Crippen molar-refractivity contribution in [2.24, 2.45) is 12.2 Å². The lowest BCUT2D eigenvalue weighted by molar-refractivity contribution is 0.414. The van der Waals surface area contributed by atoms with Crippen molar-refractivity contribution in [1.29, 1.82) is 0 Å². The van der Waals surface area contributed by atoms with Crippen molar-refractivity contribution in [2.75, 3.05) is 19.1 Å². The van der Waals surface area contributed by atoms with Gasteiger partial charge in [0.25, 0.3) is 0 Å². The highest BCUT2D eigenvalue weighted by Crippen LogP contribution is 2.28. The number of benzene rings is 2. The van der Waals surface area contributed by atoms with Gasteiger partial charge in [-0.3, -0.25) is 0 Å². The number of rotatable bonds is 9. The number of fused-ring (bicyclic) bond motifs is 1. The largest absolute Gasteiger partial charge is 0.497 e. The zero-order valence-electron chi connectivity index (χ0n) is 19.9. The number of pyridine rings is 1. The minimum absolute atomic E-state index is 0.291. The molecule has 8 heteroatoms. The van der Waals surface area contributed by atoms with E-state index in [1.54, 1.807) is 14.2 Å². The monoisotopic (exact) mass is 456 g/mol. The molecule has 0 aliphatic rings. The molecule has 0 aliphatic heterocycles. The molecule has 0 saturated heterocycles. The summed E-state index contributed by atoms with van der Waals surface area (Å²) in [6, 6.07) is 20.4. The molecule has 2 aromatic carbocycles. The van der Waals surface area contributed by atoms with Crippen LogP contribution >= 0.6 is 0 Å². The number of hydrogen-bond acceptors (Lipinski definition) is 5. The van der Waals surface area contributed by atoms with Crippen LogP contribution in [0.2, 0.25) is 0 Å². The molecule has 0 bridgehead atoms. The highest BCUT2D eigenvalue weighted by molar-refractivity contribution is 5.80. The van der Waals surface area contributed by atoms with Crippen molar-refractivity contribution in [3.8, 4) is 11.5 Å². The molecule has 174 valence electrons. The van der Waals surface area contributed by atoms with E-state index in [9.17, 15) is 0 Å². The lowest BCUT2D eigenvalue weighted by atomic mass is 10.1. The minimum atomic E-state index is 0.291. The van der Waals surface area contributed by atoms with Crippen molar-refractivity contribution < 1.29 is 9.47 Å². The van der Waals surface area contributed by atoms with Crippen molar-refractivity contribution in [3.05, 3.63) is 93.5 Å². The standard InChI is InChI=1S/C26H28N6O2/c1-18-13-25-24(14-21(31(25)2)15-28-30-27)29-26(18)32(16-19-5-9-22(33-3)10-6-19)17-20-7-11-23(34-4)12-8-20/h5-14H,15-17H2,1-4H3. The van der Waals surface area contributed by atoms with Gasteiger partial charge < -0.3 is 18.9 Å². The maximum Gasteiger partial charge on any atom is 0.132 e. The molecule has 0 saturated carbocycles. The summed E-state index contributed by atoms with van der Waals surface area (Å²) in [4.78, 5) is 10.2. The van der Waals surface area contributed by atoms with E-state index in [2.05, 4.69) is 52.2 Å². The summed E-state index contributed by atoms with van der Waals surface area (Å²) in [6.07, 6.45) is 0. The zero-order chi connectivity index (χ0) is 24.1. The normalized spacial score (nSPS) is 10.7. The van der Waals surface area contributed by atoms with E-state index in [0.29, 0.717) is 19.6 Å². The highest BCUT2D eigenvalue weighted by atomic mass is 16.5. The van der Waals surface area contributed by atoms with Crippen LogP contribution in [0.5, 0.6) is 11.5 Å². The van der Waals surface area contributed by atoms with E-state index >= 15 is 0 Å². The first-order valence-electron chi connectivity index (χ1n) is 11.0. The van der Waals surface area contributed by atoms with Crippen LogP contribution in [-0.4, -0.2) is 23.8 Å². The summed E-state index contributed by atoms with van der Waals surface area (Å²) in [5.74, 6) is 2.58. The minimum Gasteiger partial charge on any atom is -0.497 e. The van der Waals surface area contributed by atoms with Gasteiger partial charge in [-0.25, -0.2) is 4.98 Å². The Kier molecular flexibility index (Phi) is 6.90. The van der Waals surface area contributed by atoms with Crippen LogP contribution in [0.4, 0.5) is 5.82 Å². The Bertz CT molecular complexity index is 1270. The van der Waals surface area contributed by atoms with Crippen LogP contribution in [0.25, 0.3) is 21.5 Å². The first kappa shape index (κ1) is 23.0. The lowest BCUT2D eigenvalue weighted by Crippen LogP contribution is -2.24. The number of aryl methyl sites for hydroxylation is 2. The van der Waals surface area contributed by atoms with Crippen molar-refractivity contribution in [2.45, 2.75) is 26.6 Å². The molecule has 0 fully saturated rings. The van der Waals surface area contributed by atoms with E-state index < -0.39 is 0 Å². The van der Waals surface area contributed by atoms with Crippen LogP contribution < -0.4 is 14.4 Å². The summed E-state index contributed by atoms with van der Waals surface area (Å²) in [5, 5.41) is 3.72. The number of azide groups is 1. The second-order valence-corrected chi connectivity index (χ2v) is 8.17. The Balaban J connectivity index is 1.73. The quantitative estimate of drug-likeness (QED) is 0.178. The molecule has 0 spiro atoms. The Morgan fingerprint density at radius 1 is 0.941 bits per heavy atom. The zero-order valence-corrected chi connectivity index (χ0v) is 19.9. The van der Waals surface area contributed by atoms with E-state index in [1.165, 1.54) is 0 Å². The van der Waals surface area contributed by atoms with E-state index in [-0.39, 0.29) is 0 Å². The Labute approximate surface area is 199 Å². The van der Waals surface area contributed by atoms with Crippen LogP contribution in [-0.2, 0) is 26.7 Å². The van der Waals surface area contributed by atoms with Gasteiger partial charge in [0.15, 0.2) is 0 Å². The average molecular weight is 457 g/mol. The van der Waals surface area contributed by atoms with Gasteiger partial charge in [-0.05, 0) is 65.5 Å². The molecule has 0 unspecified atom stereocenters. The fourth-order valence-corrected chi connectivity index (χ4v) is 4.07. The predicted octanol–water partition coefficient (Wildman–Crippen LogP) is 5.92. The van der Waals surface area contributed by atoms with Crippen LogP contribution in [0.15, 0.2) is 65.8 Å². The molecule has 4 rings (SSSR count). The third-order valence-corrected chi connectivity index (χ3v) is 5.95. The van der Waals surface area contributed by atoms with Gasteiger partial charge in [-0.15, -0.1) is 0 Å². The first-order valence-corrected chi connectivity index (χ1v) is 11.0. The fraction of sp³-hybridized carbons (Fsp3) is 0.269. The van der Waals surface area contributed by atoms with Crippen LogP contribution in [0.1, 0.15) is 22.4 Å². The van der Waals surface area contributed by atoms with Gasteiger partial charge in [0.2, 0.25) is 0 Å². The van der Waals surface area contributed by atoms with Gasteiger partial charge in [-0.2, -0.15) is 0 Å². The molecule has 0 N–H and O–H groups in total. The molecule has 4 aromatic rings. The van der Waals surface area contributed by atoms with Gasteiger partial charge in [0.05, 0.1) is 31.8 Å². The first-order chi connectivity index (χ1) is 16.5. The molecule has 0 aliphatic carbocycles. The molecule has 8 nitrogen and oxygen atoms in total. The Morgan fingerprint density at radius 3 is 2.00 bits per heavy atom. The molecular formula is C26H28N6O2. The number of aromatic nitrogens is 2. The molecule has 0 amide bonds. The highest BCUT2D eigenvalue weighted by Gasteiger charge is 2.16. The molecule has 0 atom stereocenters. The van der Waals surface area contributed by atoms with Gasteiger partial charge >= 0.3 is 0 Å². The van der Waals surface area contributed by atoms with E-state index in [4.69, 9.17) is 20.0 Å². The van der Waals surface area contributed by atoms with Crippen molar-refractivity contribution >= 4 is 16.9 Å². The third-order valence-electron chi connectivity index (χ3n) is 5.95. The summed E-state index contributed by atoms with van der Waals surface area (Å²) < 4.78 is 12.7. The number of nitrogens with zero attached hydrogens (tertiary/aromatic N) is 6. The SMILES string of the molecule is COc1ccc(CN(Cc2ccc(OC)cc2)c2nc3cc(CN=[N+]=[N-])n(C)c3cc2C)cc1. The van der Waals surface area contributed by atoms with Crippen molar-refractivity contribution in [3.63, 3.8) is 0 Å². The van der Waals surface area contributed by atoms with E-state index in [1.807, 2.05) is 41.9 Å². The van der Waals surface area contributed by atoms with Gasteiger partial charge in [0, 0.05) is 30.7 Å². The van der Waals surface area contributed by atoms with Crippen LogP contribution in [0.3, 0.4) is 0 Å². The summed E-state index contributed by atoms with van der Waals surface area (Å²) in [5.41, 5.74) is 14.9. The smallest absolute Gasteiger partial charge is 0.132 e. The second kappa shape index (κ2) is 10.2. The second-order valence-electron chi connectivity index (χ2n) is 8.17. The number of hydrogen-bond donors (Lipinski definition) is 0. The van der Waals surface area contributed by atoms with Crippen LogP contribution in [0, 0.1) is 6.92 Å². The maximum absolute atomic E-state index is 8.71. The fourth-order valence-electron chi connectivity index (χ4n) is 4.07. The number of methoxy groups -OCH3 is 2. The predicted molar refractivity (Wildman–Crippen MR) is 134 cm³/mol.